The average Bonchev–Trinajstić information content (AvgIpc) is 2.88. The Morgan fingerprint density at radius 1 is 1.20 bits per heavy atom. The molecule has 0 aliphatic heterocycles. The molecule has 0 bridgehead atoms. The molecule has 0 saturated heterocycles. The molecule has 0 fully saturated rings. The van der Waals surface area contributed by atoms with Crippen molar-refractivity contribution in [2.75, 3.05) is 5.32 Å². The maximum atomic E-state index is 10.9. The van der Waals surface area contributed by atoms with Gasteiger partial charge in [-0.2, -0.15) is 4.98 Å². The minimum Gasteiger partial charge on any atom is -0.349 e. The van der Waals surface area contributed by atoms with Crippen molar-refractivity contribution in [3.63, 3.8) is 0 Å². The van der Waals surface area contributed by atoms with E-state index < -0.39 is 4.92 Å². The van der Waals surface area contributed by atoms with Crippen LogP contribution in [-0.4, -0.2) is 19.5 Å². The number of rotatable bonds is 4. The topological polar surface area (TPSA) is 85.4 Å². The van der Waals surface area contributed by atoms with Crippen LogP contribution < -0.4 is 5.32 Å². The number of nitro benzene ring substituents is 1. The molecule has 0 atom stereocenters. The lowest BCUT2D eigenvalue weighted by Gasteiger charge is -2.02. The van der Waals surface area contributed by atoms with Crippen LogP contribution >= 0.6 is 0 Å². The highest BCUT2D eigenvalue weighted by Crippen LogP contribution is 2.18. The van der Waals surface area contributed by atoms with Crippen molar-refractivity contribution in [1.29, 1.82) is 0 Å². The van der Waals surface area contributed by atoms with Gasteiger partial charge >= 0.3 is 0 Å². The van der Waals surface area contributed by atoms with Gasteiger partial charge in [-0.25, -0.2) is 4.52 Å². The Kier molecular flexibility index (Phi) is 3.00. The van der Waals surface area contributed by atoms with Crippen LogP contribution in [0.15, 0.2) is 48.7 Å². The summed E-state index contributed by atoms with van der Waals surface area (Å²) in [6.07, 6.45) is 1.79. The molecule has 2 aromatic heterocycles. The minimum absolute atomic E-state index is 0.0868. The van der Waals surface area contributed by atoms with Crippen molar-refractivity contribution in [3.8, 4) is 0 Å². The molecule has 1 N–H and O–H groups in total. The van der Waals surface area contributed by atoms with E-state index in [4.69, 9.17) is 0 Å². The highest BCUT2D eigenvalue weighted by atomic mass is 16.6. The fourth-order valence-electron chi connectivity index (χ4n) is 1.92. The van der Waals surface area contributed by atoms with Crippen molar-refractivity contribution < 1.29 is 4.92 Å². The largest absolute Gasteiger partial charge is 0.349 e. The number of para-hydroxylation sites is 1. The first kappa shape index (κ1) is 12.1. The van der Waals surface area contributed by atoms with E-state index in [-0.39, 0.29) is 5.69 Å². The van der Waals surface area contributed by atoms with Crippen LogP contribution in [-0.2, 0) is 6.54 Å². The first-order valence-corrected chi connectivity index (χ1v) is 6.01. The minimum atomic E-state index is -0.395. The first-order valence-electron chi connectivity index (χ1n) is 6.01. The van der Waals surface area contributed by atoms with Crippen LogP contribution in [0.2, 0.25) is 0 Å². The van der Waals surface area contributed by atoms with Crippen molar-refractivity contribution in [3.05, 3.63) is 64.3 Å². The first-order chi connectivity index (χ1) is 9.74. The molecule has 7 nitrogen and oxygen atoms in total. The van der Waals surface area contributed by atoms with Crippen LogP contribution in [0.5, 0.6) is 0 Å². The fourth-order valence-corrected chi connectivity index (χ4v) is 1.92. The van der Waals surface area contributed by atoms with E-state index in [2.05, 4.69) is 15.4 Å². The summed E-state index contributed by atoms with van der Waals surface area (Å²) in [5, 5.41) is 18.1. The Morgan fingerprint density at radius 2 is 2.00 bits per heavy atom. The Morgan fingerprint density at radius 3 is 2.80 bits per heavy atom. The number of aromatic nitrogens is 3. The third kappa shape index (κ3) is 2.28. The van der Waals surface area contributed by atoms with Gasteiger partial charge < -0.3 is 5.32 Å². The molecule has 0 saturated carbocycles. The molecule has 2 heterocycles. The van der Waals surface area contributed by atoms with Crippen LogP contribution in [0, 0.1) is 10.1 Å². The summed E-state index contributed by atoms with van der Waals surface area (Å²) >= 11 is 0. The third-order valence-electron chi connectivity index (χ3n) is 2.87. The summed E-state index contributed by atoms with van der Waals surface area (Å²) in [7, 11) is 0. The van der Waals surface area contributed by atoms with Gasteiger partial charge in [0.25, 0.3) is 5.69 Å². The standard InChI is InChI=1S/C13H11N5O2/c19-18(20)11-6-2-1-5-10(11)9-14-13-15-12-7-3-4-8-17(12)16-13/h1-8H,9H2,(H,14,16). The van der Waals surface area contributed by atoms with Gasteiger partial charge in [0.2, 0.25) is 5.95 Å². The molecule has 0 aliphatic rings. The van der Waals surface area contributed by atoms with E-state index in [0.717, 1.165) is 5.65 Å². The van der Waals surface area contributed by atoms with Gasteiger partial charge in [-0.05, 0) is 12.1 Å². The second kappa shape index (κ2) is 4.96. The van der Waals surface area contributed by atoms with Crippen LogP contribution in [0.3, 0.4) is 0 Å². The number of nitrogens with one attached hydrogen (secondary N) is 1. The van der Waals surface area contributed by atoms with Crippen molar-refractivity contribution >= 4 is 17.3 Å². The fraction of sp³-hybridized carbons (Fsp3) is 0.0769. The van der Waals surface area contributed by atoms with Gasteiger partial charge in [-0.15, -0.1) is 5.10 Å². The second-order valence-corrected chi connectivity index (χ2v) is 4.18. The van der Waals surface area contributed by atoms with Crippen molar-refractivity contribution in [2.45, 2.75) is 6.54 Å². The molecule has 0 spiro atoms. The number of nitro groups is 1. The quantitative estimate of drug-likeness (QED) is 0.580. The van der Waals surface area contributed by atoms with E-state index in [9.17, 15) is 10.1 Å². The number of nitrogens with zero attached hydrogens (tertiary/aromatic N) is 4. The van der Waals surface area contributed by atoms with Gasteiger partial charge in [0.15, 0.2) is 5.65 Å². The number of hydrogen-bond donors (Lipinski definition) is 1. The van der Waals surface area contributed by atoms with E-state index in [1.807, 2.05) is 18.2 Å². The molecule has 3 rings (SSSR count). The van der Waals surface area contributed by atoms with E-state index in [1.54, 1.807) is 28.9 Å². The summed E-state index contributed by atoms with van der Waals surface area (Å²) in [6.45, 7) is 0.300. The maximum absolute atomic E-state index is 10.9. The number of anilines is 1. The summed E-state index contributed by atoms with van der Waals surface area (Å²) in [6, 6.07) is 12.2. The van der Waals surface area contributed by atoms with Crippen LogP contribution in [0.4, 0.5) is 11.6 Å². The Bertz CT molecular complexity index is 735. The molecule has 0 aliphatic carbocycles. The zero-order valence-electron chi connectivity index (χ0n) is 10.4. The van der Waals surface area contributed by atoms with Crippen LogP contribution in [0.1, 0.15) is 5.56 Å². The number of fused-ring (bicyclic) bond motifs is 1. The summed E-state index contributed by atoms with van der Waals surface area (Å²) < 4.78 is 1.64. The third-order valence-corrected chi connectivity index (χ3v) is 2.87. The zero-order chi connectivity index (χ0) is 13.9. The van der Waals surface area contributed by atoms with E-state index >= 15 is 0 Å². The smallest absolute Gasteiger partial charge is 0.274 e. The van der Waals surface area contributed by atoms with Crippen molar-refractivity contribution in [2.24, 2.45) is 0 Å². The predicted octanol–water partition coefficient (Wildman–Crippen LogP) is 2.25. The SMILES string of the molecule is O=[N+]([O-])c1ccccc1CNc1nc2ccccn2n1. The molecule has 0 radical (unpaired) electrons. The molecular formula is C13H11N5O2. The van der Waals surface area contributed by atoms with Crippen molar-refractivity contribution in [1.82, 2.24) is 14.6 Å². The van der Waals surface area contributed by atoms with Gasteiger partial charge in [0.1, 0.15) is 0 Å². The molecule has 3 aromatic rings. The zero-order valence-corrected chi connectivity index (χ0v) is 10.4. The second-order valence-electron chi connectivity index (χ2n) is 4.18. The highest BCUT2D eigenvalue weighted by molar-refractivity contribution is 5.45. The lowest BCUT2D eigenvalue weighted by atomic mass is 10.2. The van der Waals surface area contributed by atoms with Gasteiger partial charge in [-0.1, -0.05) is 24.3 Å². The molecule has 1 aromatic carbocycles. The van der Waals surface area contributed by atoms with Gasteiger partial charge in [-0.3, -0.25) is 10.1 Å². The maximum Gasteiger partial charge on any atom is 0.274 e. The summed E-state index contributed by atoms with van der Waals surface area (Å²) in [4.78, 5) is 14.8. The van der Waals surface area contributed by atoms with Gasteiger partial charge in [0.05, 0.1) is 4.92 Å². The molecule has 7 heteroatoms. The predicted molar refractivity (Wildman–Crippen MR) is 73.4 cm³/mol. The number of hydrogen-bond acceptors (Lipinski definition) is 5. The van der Waals surface area contributed by atoms with E-state index in [1.165, 1.54) is 6.07 Å². The highest BCUT2D eigenvalue weighted by Gasteiger charge is 2.12. The number of benzene rings is 1. The summed E-state index contributed by atoms with van der Waals surface area (Å²) in [5.74, 6) is 0.439. The lowest BCUT2D eigenvalue weighted by molar-refractivity contribution is -0.385. The summed E-state index contributed by atoms with van der Waals surface area (Å²) in [5.41, 5.74) is 1.40. The Balaban J connectivity index is 1.81. The number of pyridine rings is 1. The normalized spacial score (nSPS) is 10.6. The average molecular weight is 269 g/mol. The lowest BCUT2D eigenvalue weighted by Crippen LogP contribution is -2.04. The molecule has 20 heavy (non-hydrogen) atoms. The molecule has 0 amide bonds. The van der Waals surface area contributed by atoms with Gasteiger partial charge in [0, 0.05) is 24.4 Å². The molecule has 0 unspecified atom stereocenters. The molecule has 100 valence electrons. The van der Waals surface area contributed by atoms with E-state index in [0.29, 0.717) is 18.1 Å². The van der Waals surface area contributed by atoms with Crippen LogP contribution in [0.25, 0.3) is 5.65 Å². The Labute approximate surface area is 114 Å². The molecular weight excluding hydrogens is 258 g/mol. The monoisotopic (exact) mass is 269 g/mol. The Hall–Kier alpha value is -2.96.